The molecule has 21 heavy (non-hydrogen) atoms. The maximum atomic E-state index is 9.02. The van der Waals surface area contributed by atoms with Gasteiger partial charge >= 0.3 is 0 Å². The molecule has 0 radical (unpaired) electrons. The van der Waals surface area contributed by atoms with E-state index in [-0.39, 0.29) is 0 Å². The number of H-pyrrole nitrogens is 1. The Morgan fingerprint density at radius 2 is 2.33 bits per heavy atom. The predicted octanol–water partition coefficient (Wildman–Crippen LogP) is 3.69. The molecule has 1 N–H and O–H groups in total. The smallest absolute Gasteiger partial charge is 0.110 e. The number of fused-ring (bicyclic) bond motifs is 2. The number of benzene rings is 1. The van der Waals surface area contributed by atoms with Gasteiger partial charge in [-0.05, 0) is 43.0 Å². The largest absolute Gasteiger partial charge is 0.345 e. The molecule has 0 spiro atoms. The normalized spacial score (nSPS) is 28.3. The van der Waals surface area contributed by atoms with Crippen LogP contribution in [0, 0.1) is 17.2 Å². The van der Waals surface area contributed by atoms with Crippen molar-refractivity contribution in [2.45, 2.75) is 31.2 Å². The number of likely N-dealkylation sites (N-methyl/N-ethyl adjacent to an activating group) is 1. The zero-order chi connectivity index (χ0) is 14.6. The van der Waals surface area contributed by atoms with Crippen LogP contribution in [0.1, 0.15) is 29.9 Å². The lowest BCUT2D eigenvalue weighted by Gasteiger charge is -2.45. The molecule has 108 valence electrons. The summed E-state index contributed by atoms with van der Waals surface area (Å²) in [4.78, 5) is 5.75. The van der Waals surface area contributed by atoms with Crippen molar-refractivity contribution in [1.82, 2.24) is 9.88 Å². The molecule has 1 saturated heterocycles. The van der Waals surface area contributed by atoms with E-state index < -0.39 is 0 Å². The summed E-state index contributed by atoms with van der Waals surface area (Å²) < 4.78 is 0. The molecule has 4 heteroatoms. The zero-order valence-electron chi connectivity index (χ0n) is 12.1. The highest BCUT2D eigenvalue weighted by molar-refractivity contribution is 6.32. The highest BCUT2D eigenvalue weighted by Gasteiger charge is 2.39. The number of halogens is 1. The fourth-order valence-electron chi connectivity index (χ4n) is 4.37. The van der Waals surface area contributed by atoms with Gasteiger partial charge in [-0.25, -0.2) is 0 Å². The van der Waals surface area contributed by atoms with Gasteiger partial charge in [-0.3, -0.25) is 0 Å². The number of nitriles is 1. The second-order valence-corrected chi connectivity index (χ2v) is 6.85. The van der Waals surface area contributed by atoms with Crippen molar-refractivity contribution in [1.29, 1.82) is 5.26 Å². The second kappa shape index (κ2) is 4.76. The number of hydrogen-bond donors (Lipinski definition) is 1. The van der Waals surface area contributed by atoms with Crippen molar-refractivity contribution in [3.05, 3.63) is 34.5 Å². The van der Waals surface area contributed by atoms with Gasteiger partial charge in [0.2, 0.25) is 0 Å². The summed E-state index contributed by atoms with van der Waals surface area (Å²) in [5.74, 6) is 0.998. The van der Waals surface area contributed by atoms with Gasteiger partial charge < -0.3 is 9.88 Å². The molecule has 3 nitrogen and oxygen atoms in total. The summed E-state index contributed by atoms with van der Waals surface area (Å²) in [6.07, 6.45) is 2.78. The van der Waals surface area contributed by atoms with Crippen molar-refractivity contribution in [2.75, 3.05) is 13.6 Å². The highest BCUT2D eigenvalue weighted by atomic mass is 35.5. The number of nitrogens with one attached hydrogen (secondary N) is 1. The van der Waals surface area contributed by atoms with Crippen molar-refractivity contribution in [3.8, 4) is 6.07 Å². The molecule has 2 heterocycles. The fourth-order valence-corrected chi connectivity index (χ4v) is 4.65. The lowest BCUT2D eigenvalue weighted by atomic mass is 9.72. The molecule has 3 atom stereocenters. The standard InChI is InChI=1S/C17H18ClN3/c1-21-9-10(5-6-19)7-12-11-3-2-4-14-16(11)13(8-15(12)21)17(18)20-14/h2-4,10,12,15,20H,5,7-9H2,1H3/t10-,12?,15-/m1/s1. The molecular formula is C17H18ClN3. The predicted molar refractivity (Wildman–Crippen MR) is 84.5 cm³/mol. The van der Waals surface area contributed by atoms with Crippen LogP contribution in [0.5, 0.6) is 0 Å². The third kappa shape index (κ3) is 1.90. The van der Waals surface area contributed by atoms with Crippen molar-refractivity contribution >= 4 is 22.5 Å². The SMILES string of the molecule is CN1C[C@H](CC#N)CC2c3cccc4[nH]c(Cl)c(c34)C[C@H]21. The molecule has 2 aromatic rings. The van der Waals surface area contributed by atoms with Crippen molar-refractivity contribution in [3.63, 3.8) is 0 Å². The number of likely N-dealkylation sites (tertiary alicyclic amines) is 1. The highest BCUT2D eigenvalue weighted by Crippen LogP contribution is 2.46. The van der Waals surface area contributed by atoms with E-state index in [9.17, 15) is 0 Å². The molecule has 1 aliphatic carbocycles. The van der Waals surface area contributed by atoms with Crippen LogP contribution in [0.4, 0.5) is 0 Å². The second-order valence-electron chi connectivity index (χ2n) is 6.47. The molecule has 0 amide bonds. The van der Waals surface area contributed by atoms with E-state index in [0.29, 0.717) is 24.3 Å². The first kappa shape index (κ1) is 13.2. The van der Waals surface area contributed by atoms with Gasteiger partial charge in [-0.1, -0.05) is 23.7 Å². The number of aromatic nitrogens is 1. The summed E-state index contributed by atoms with van der Waals surface area (Å²) in [7, 11) is 2.19. The minimum Gasteiger partial charge on any atom is -0.345 e. The van der Waals surface area contributed by atoms with Crippen LogP contribution >= 0.6 is 11.6 Å². The Morgan fingerprint density at radius 3 is 3.14 bits per heavy atom. The molecule has 1 aromatic heterocycles. The van der Waals surface area contributed by atoms with Gasteiger partial charge in [0.1, 0.15) is 5.15 Å². The molecule has 4 rings (SSSR count). The Morgan fingerprint density at radius 1 is 1.48 bits per heavy atom. The minimum atomic E-state index is 0.479. The molecular weight excluding hydrogens is 282 g/mol. The number of nitrogens with zero attached hydrogens (tertiary/aromatic N) is 2. The first-order valence-electron chi connectivity index (χ1n) is 7.55. The quantitative estimate of drug-likeness (QED) is 0.872. The van der Waals surface area contributed by atoms with Gasteiger partial charge in [0.25, 0.3) is 0 Å². The Balaban J connectivity index is 1.84. The first-order chi connectivity index (χ1) is 10.2. The van der Waals surface area contributed by atoms with Crippen LogP contribution in [-0.4, -0.2) is 29.5 Å². The zero-order valence-corrected chi connectivity index (χ0v) is 12.8. The lowest BCUT2D eigenvalue weighted by molar-refractivity contribution is 0.113. The van der Waals surface area contributed by atoms with Gasteiger partial charge in [0.15, 0.2) is 0 Å². The van der Waals surface area contributed by atoms with E-state index in [2.05, 4.69) is 41.2 Å². The Bertz CT molecular complexity index is 742. The monoisotopic (exact) mass is 299 g/mol. The Labute approximate surface area is 129 Å². The summed E-state index contributed by atoms with van der Waals surface area (Å²) in [6, 6.07) is 9.32. The van der Waals surface area contributed by atoms with Crippen LogP contribution in [-0.2, 0) is 6.42 Å². The van der Waals surface area contributed by atoms with Crippen molar-refractivity contribution in [2.24, 2.45) is 5.92 Å². The topological polar surface area (TPSA) is 42.8 Å². The Hall–Kier alpha value is -1.50. The van der Waals surface area contributed by atoms with Crippen LogP contribution in [0.15, 0.2) is 18.2 Å². The number of aromatic amines is 1. The molecule has 0 bridgehead atoms. The summed E-state index contributed by atoms with van der Waals surface area (Å²) in [5.41, 5.74) is 3.83. The van der Waals surface area contributed by atoms with Crippen LogP contribution in [0.3, 0.4) is 0 Å². The Kier molecular flexibility index (Phi) is 2.99. The molecule has 2 aliphatic rings. The van der Waals surface area contributed by atoms with E-state index >= 15 is 0 Å². The van der Waals surface area contributed by atoms with Gasteiger partial charge in [0.05, 0.1) is 6.07 Å². The van der Waals surface area contributed by atoms with E-state index in [1.165, 1.54) is 16.5 Å². The van der Waals surface area contributed by atoms with E-state index in [4.69, 9.17) is 16.9 Å². The summed E-state index contributed by atoms with van der Waals surface area (Å²) >= 11 is 6.41. The molecule has 1 fully saturated rings. The minimum absolute atomic E-state index is 0.479. The van der Waals surface area contributed by atoms with Crippen LogP contribution < -0.4 is 0 Å². The summed E-state index contributed by atoms with van der Waals surface area (Å²) in [6.45, 7) is 1.02. The maximum Gasteiger partial charge on any atom is 0.110 e. The molecule has 0 saturated carbocycles. The third-order valence-corrected chi connectivity index (χ3v) is 5.59. The average Bonchev–Trinajstić information content (AvgIpc) is 2.78. The maximum absolute atomic E-state index is 9.02. The number of rotatable bonds is 1. The molecule has 1 unspecified atom stereocenters. The first-order valence-corrected chi connectivity index (χ1v) is 7.93. The molecule has 1 aliphatic heterocycles. The van der Waals surface area contributed by atoms with Crippen molar-refractivity contribution < 1.29 is 0 Å². The third-order valence-electron chi connectivity index (χ3n) is 5.26. The van der Waals surface area contributed by atoms with Gasteiger partial charge in [0, 0.05) is 35.8 Å². The summed E-state index contributed by atoms with van der Waals surface area (Å²) in [5, 5.41) is 11.1. The van der Waals surface area contributed by atoms with E-state index in [1.54, 1.807) is 0 Å². The number of piperidine rings is 1. The number of hydrogen-bond acceptors (Lipinski definition) is 2. The fraction of sp³-hybridized carbons (Fsp3) is 0.471. The average molecular weight is 300 g/mol. The van der Waals surface area contributed by atoms with Crippen LogP contribution in [0.2, 0.25) is 5.15 Å². The van der Waals surface area contributed by atoms with E-state index in [1.807, 2.05) is 0 Å². The van der Waals surface area contributed by atoms with Crippen LogP contribution in [0.25, 0.3) is 10.9 Å². The van der Waals surface area contributed by atoms with Gasteiger partial charge in [-0.2, -0.15) is 5.26 Å². The molecule has 1 aromatic carbocycles. The lowest BCUT2D eigenvalue weighted by Crippen LogP contribution is -2.47. The van der Waals surface area contributed by atoms with E-state index in [0.717, 1.165) is 30.1 Å². The van der Waals surface area contributed by atoms with Gasteiger partial charge in [-0.15, -0.1) is 0 Å².